The maximum absolute atomic E-state index is 12.9. The molecule has 1 aromatic carbocycles. The predicted molar refractivity (Wildman–Crippen MR) is 73.9 cm³/mol. The van der Waals surface area contributed by atoms with Crippen molar-refractivity contribution in [1.29, 1.82) is 0 Å². The Labute approximate surface area is 122 Å². The van der Waals surface area contributed by atoms with Gasteiger partial charge in [-0.25, -0.2) is 0 Å². The van der Waals surface area contributed by atoms with E-state index in [4.69, 9.17) is 0 Å². The first-order valence-electron chi connectivity index (χ1n) is 6.62. The molecule has 1 amide bonds. The number of rotatable bonds is 4. The molecule has 2 N–H and O–H groups in total. The number of amides is 1. The first-order chi connectivity index (χ1) is 9.54. The SMILES string of the molecule is CC(C)(C)CC(CO)NC(=O)c1ccccc1C(F)(F)F. The lowest BCUT2D eigenvalue weighted by Crippen LogP contribution is -2.40. The van der Waals surface area contributed by atoms with Crippen molar-refractivity contribution in [3.8, 4) is 0 Å². The summed E-state index contributed by atoms with van der Waals surface area (Å²) in [7, 11) is 0. The number of benzene rings is 1. The summed E-state index contributed by atoms with van der Waals surface area (Å²) in [5.74, 6) is -0.828. The first-order valence-corrected chi connectivity index (χ1v) is 6.62. The van der Waals surface area contributed by atoms with Crippen LogP contribution in [0.25, 0.3) is 0 Å². The highest BCUT2D eigenvalue weighted by molar-refractivity contribution is 5.96. The van der Waals surface area contributed by atoms with Crippen LogP contribution in [0, 0.1) is 5.41 Å². The molecule has 1 unspecified atom stereocenters. The summed E-state index contributed by atoms with van der Waals surface area (Å²) in [6.45, 7) is 5.44. The third-order valence-corrected chi connectivity index (χ3v) is 2.89. The van der Waals surface area contributed by atoms with E-state index in [2.05, 4.69) is 5.32 Å². The normalized spacial score (nSPS) is 13.9. The Morgan fingerprint density at radius 3 is 2.29 bits per heavy atom. The minimum absolute atomic E-state index is 0.162. The largest absolute Gasteiger partial charge is 0.417 e. The number of alkyl halides is 3. The molecule has 21 heavy (non-hydrogen) atoms. The van der Waals surface area contributed by atoms with Crippen LogP contribution in [0.2, 0.25) is 0 Å². The summed E-state index contributed by atoms with van der Waals surface area (Å²) in [6, 6.07) is 4.02. The van der Waals surface area contributed by atoms with Crippen molar-refractivity contribution in [2.24, 2.45) is 5.41 Å². The predicted octanol–water partition coefficient (Wildman–Crippen LogP) is 3.23. The Kier molecular flexibility index (Phi) is 5.39. The number of aliphatic hydroxyl groups excluding tert-OH is 1. The second-order valence-corrected chi connectivity index (χ2v) is 6.16. The van der Waals surface area contributed by atoms with E-state index in [0.717, 1.165) is 12.1 Å². The minimum Gasteiger partial charge on any atom is -0.394 e. The molecule has 0 radical (unpaired) electrons. The molecule has 0 fully saturated rings. The molecule has 0 aliphatic heterocycles. The molecule has 0 aliphatic rings. The van der Waals surface area contributed by atoms with Gasteiger partial charge < -0.3 is 10.4 Å². The van der Waals surface area contributed by atoms with E-state index < -0.39 is 29.3 Å². The summed E-state index contributed by atoms with van der Waals surface area (Å²) < 4.78 is 38.6. The lowest BCUT2D eigenvalue weighted by Gasteiger charge is -2.25. The Morgan fingerprint density at radius 1 is 1.24 bits per heavy atom. The molecule has 0 aromatic heterocycles. The van der Waals surface area contributed by atoms with Crippen molar-refractivity contribution < 1.29 is 23.1 Å². The summed E-state index contributed by atoms with van der Waals surface area (Å²) in [4.78, 5) is 12.0. The summed E-state index contributed by atoms with van der Waals surface area (Å²) in [6.07, 6.45) is -4.13. The van der Waals surface area contributed by atoms with Gasteiger partial charge in [0.05, 0.1) is 23.8 Å². The van der Waals surface area contributed by atoms with Gasteiger partial charge in [-0.1, -0.05) is 32.9 Å². The van der Waals surface area contributed by atoms with Crippen LogP contribution in [0.5, 0.6) is 0 Å². The molecule has 118 valence electrons. The smallest absolute Gasteiger partial charge is 0.394 e. The fourth-order valence-electron chi connectivity index (χ4n) is 2.09. The van der Waals surface area contributed by atoms with E-state index >= 15 is 0 Å². The van der Waals surface area contributed by atoms with E-state index in [1.807, 2.05) is 20.8 Å². The summed E-state index contributed by atoms with van der Waals surface area (Å²) in [5.41, 5.74) is -1.57. The van der Waals surface area contributed by atoms with Gasteiger partial charge in [0.25, 0.3) is 5.91 Å². The Hall–Kier alpha value is -1.56. The number of hydrogen-bond acceptors (Lipinski definition) is 2. The van der Waals surface area contributed by atoms with Gasteiger partial charge in [-0.05, 0) is 24.0 Å². The number of nitrogens with one attached hydrogen (secondary N) is 1. The molecule has 0 saturated carbocycles. The summed E-state index contributed by atoms with van der Waals surface area (Å²) in [5, 5.41) is 11.7. The zero-order valence-electron chi connectivity index (χ0n) is 12.3. The average molecular weight is 303 g/mol. The minimum atomic E-state index is -4.59. The van der Waals surface area contributed by atoms with E-state index in [1.54, 1.807) is 0 Å². The molecule has 1 aromatic rings. The van der Waals surface area contributed by atoms with Gasteiger partial charge in [0.2, 0.25) is 0 Å². The van der Waals surface area contributed by atoms with Crippen LogP contribution in [0.4, 0.5) is 13.2 Å². The van der Waals surface area contributed by atoms with Crippen LogP contribution < -0.4 is 5.32 Å². The highest BCUT2D eigenvalue weighted by atomic mass is 19.4. The zero-order chi connectivity index (χ0) is 16.3. The fourth-order valence-corrected chi connectivity index (χ4v) is 2.09. The van der Waals surface area contributed by atoms with Crippen molar-refractivity contribution in [3.63, 3.8) is 0 Å². The summed E-state index contributed by atoms with van der Waals surface area (Å²) >= 11 is 0. The molecule has 1 rings (SSSR count). The first kappa shape index (κ1) is 17.5. The Morgan fingerprint density at radius 2 is 1.81 bits per heavy atom. The highest BCUT2D eigenvalue weighted by Crippen LogP contribution is 2.32. The molecule has 0 aliphatic carbocycles. The van der Waals surface area contributed by atoms with Crippen molar-refractivity contribution >= 4 is 5.91 Å². The molecule has 1 atom stereocenters. The van der Waals surface area contributed by atoms with E-state index in [9.17, 15) is 23.1 Å². The molecule has 0 bridgehead atoms. The molecular weight excluding hydrogens is 283 g/mol. The molecule has 3 nitrogen and oxygen atoms in total. The topological polar surface area (TPSA) is 49.3 Å². The second kappa shape index (κ2) is 6.47. The Bertz CT molecular complexity index is 492. The quantitative estimate of drug-likeness (QED) is 0.897. The van der Waals surface area contributed by atoms with Gasteiger partial charge >= 0.3 is 6.18 Å². The zero-order valence-corrected chi connectivity index (χ0v) is 12.3. The number of carbonyl (C=O) groups is 1. The van der Waals surface area contributed by atoms with E-state index in [-0.39, 0.29) is 12.0 Å². The molecule has 0 heterocycles. The number of halogens is 3. The van der Waals surface area contributed by atoms with Crippen LogP contribution in [0.15, 0.2) is 24.3 Å². The van der Waals surface area contributed by atoms with Crippen molar-refractivity contribution in [3.05, 3.63) is 35.4 Å². The molecule has 0 saturated heterocycles. The third-order valence-electron chi connectivity index (χ3n) is 2.89. The van der Waals surface area contributed by atoms with Gasteiger partial charge in [-0.15, -0.1) is 0 Å². The van der Waals surface area contributed by atoms with Crippen LogP contribution in [-0.2, 0) is 6.18 Å². The van der Waals surface area contributed by atoms with Crippen LogP contribution in [0.3, 0.4) is 0 Å². The van der Waals surface area contributed by atoms with Crippen molar-refractivity contribution in [1.82, 2.24) is 5.32 Å². The van der Waals surface area contributed by atoms with Crippen molar-refractivity contribution in [2.45, 2.75) is 39.4 Å². The maximum atomic E-state index is 12.9. The number of aliphatic hydroxyl groups is 1. The van der Waals surface area contributed by atoms with Crippen molar-refractivity contribution in [2.75, 3.05) is 6.61 Å². The van der Waals surface area contributed by atoms with Gasteiger partial charge in [-0.2, -0.15) is 13.2 Å². The van der Waals surface area contributed by atoms with E-state index in [0.29, 0.717) is 6.42 Å². The van der Waals surface area contributed by atoms with Gasteiger partial charge in [0.1, 0.15) is 0 Å². The lowest BCUT2D eigenvalue weighted by molar-refractivity contribution is -0.137. The monoisotopic (exact) mass is 303 g/mol. The molecule has 6 heteroatoms. The highest BCUT2D eigenvalue weighted by Gasteiger charge is 2.35. The number of hydrogen-bond donors (Lipinski definition) is 2. The molecule has 0 spiro atoms. The van der Waals surface area contributed by atoms with Gasteiger partial charge in [-0.3, -0.25) is 4.79 Å². The van der Waals surface area contributed by atoms with Gasteiger partial charge in [0.15, 0.2) is 0 Å². The fraction of sp³-hybridized carbons (Fsp3) is 0.533. The van der Waals surface area contributed by atoms with Crippen LogP contribution >= 0.6 is 0 Å². The average Bonchev–Trinajstić information content (AvgIpc) is 2.35. The van der Waals surface area contributed by atoms with E-state index in [1.165, 1.54) is 12.1 Å². The maximum Gasteiger partial charge on any atom is 0.417 e. The molecular formula is C15H20F3NO2. The third kappa shape index (κ3) is 5.38. The number of carbonyl (C=O) groups excluding carboxylic acids is 1. The second-order valence-electron chi connectivity index (χ2n) is 6.16. The Balaban J connectivity index is 2.94. The van der Waals surface area contributed by atoms with Crippen LogP contribution in [0.1, 0.15) is 43.1 Å². The lowest BCUT2D eigenvalue weighted by atomic mass is 9.88. The standard InChI is InChI=1S/C15H20F3NO2/c1-14(2,3)8-10(9-20)19-13(21)11-6-4-5-7-12(11)15(16,17)18/h4-7,10,20H,8-9H2,1-3H3,(H,19,21). The van der Waals surface area contributed by atoms with Gasteiger partial charge in [0, 0.05) is 0 Å². The van der Waals surface area contributed by atoms with Crippen LogP contribution in [-0.4, -0.2) is 23.7 Å².